The Balaban J connectivity index is 1.74. The molecule has 1 aromatic rings. The number of fused-ring (bicyclic) bond motifs is 1. The van der Waals surface area contributed by atoms with E-state index in [4.69, 9.17) is 10.5 Å². The smallest absolute Gasteiger partial charge is 0.122 e. The predicted molar refractivity (Wildman–Crippen MR) is 69.2 cm³/mol. The first-order valence-corrected chi connectivity index (χ1v) is 6.82. The summed E-state index contributed by atoms with van der Waals surface area (Å²) in [6.45, 7) is 0.819. The molecule has 1 aliphatic carbocycles. The number of rotatable bonds is 3. The van der Waals surface area contributed by atoms with Crippen molar-refractivity contribution in [3.05, 3.63) is 29.8 Å². The summed E-state index contributed by atoms with van der Waals surface area (Å²) in [5.74, 6) is 2.44. The predicted octanol–water partition coefficient (Wildman–Crippen LogP) is 3.07. The molecule has 1 heterocycles. The summed E-state index contributed by atoms with van der Waals surface area (Å²) in [4.78, 5) is 0. The van der Waals surface area contributed by atoms with Crippen LogP contribution < -0.4 is 10.5 Å². The van der Waals surface area contributed by atoms with E-state index in [1.807, 2.05) is 6.07 Å². The minimum absolute atomic E-state index is 0.311. The van der Waals surface area contributed by atoms with Gasteiger partial charge in [-0.25, -0.2) is 0 Å². The highest BCUT2D eigenvalue weighted by molar-refractivity contribution is 5.38. The van der Waals surface area contributed by atoms with E-state index < -0.39 is 0 Å². The van der Waals surface area contributed by atoms with Gasteiger partial charge in [0.05, 0.1) is 6.61 Å². The lowest BCUT2D eigenvalue weighted by Crippen LogP contribution is -2.35. The number of para-hydroxylation sites is 1. The topological polar surface area (TPSA) is 35.2 Å². The van der Waals surface area contributed by atoms with Crippen molar-refractivity contribution in [2.45, 2.75) is 44.1 Å². The third kappa shape index (κ3) is 2.19. The van der Waals surface area contributed by atoms with Crippen LogP contribution in [0.1, 0.15) is 43.6 Å². The summed E-state index contributed by atoms with van der Waals surface area (Å²) in [5, 5.41) is 0. The fraction of sp³-hybridized carbons (Fsp3) is 0.600. The molecule has 0 amide bonds. The Kier molecular flexibility index (Phi) is 3.06. The number of hydrogen-bond donors (Lipinski definition) is 1. The second kappa shape index (κ2) is 4.69. The highest BCUT2D eigenvalue weighted by Crippen LogP contribution is 2.39. The van der Waals surface area contributed by atoms with E-state index in [-0.39, 0.29) is 0 Å². The van der Waals surface area contributed by atoms with E-state index in [0.29, 0.717) is 12.0 Å². The Morgan fingerprint density at radius 3 is 2.82 bits per heavy atom. The van der Waals surface area contributed by atoms with Crippen molar-refractivity contribution in [3.8, 4) is 5.75 Å². The molecular formula is C15H21NO. The maximum absolute atomic E-state index is 6.42. The Morgan fingerprint density at radius 2 is 2.06 bits per heavy atom. The van der Waals surface area contributed by atoms with Crippen LogP contribution >= 0.6 is 0 Å². The molecule has 2 atom stereocenters. The lowest BCUT2D eigenvalue weighted by molar-refractivity contribution is 0.222. The van der Waals surface area contributed by atoms with Crippen LogP contribution in [0.5, 0.6) is 5.75 Å². The fourth-order valence-electron chi connectivity index (χ4n) is 3.09. The number of ether oxygens (including phenoxy) is 1. The number of benzene rings is 1. The molecule has 2 aliphatic rings. The zero-order chi connectivity index (χ0) is 11.7. The van der Waals surface area contributed by atoms with Gasteiger partial charge in [-0.2, -0.15) is 0 Å². The van der Waals surface area contributed by atoms with Gasteiger partial charge < -0.3 is 10.5 Å². The minimum Gasteiger partial charge on any atom is -0.493 e. The molecular weight excluding hydrogens is 210 g/mol. The summed E-state index contributed by atoms with van der Waals surface area (Å²) in [5.41, 5.74) is 7.74. The number of hydrogen-bond acceptors (Lipinski definition) is 2. The van der Waals surface area contributed by atoms with Gasteiger partial charge in [-0.3, -0.25) is 0 Å². The largest absolute Gasteiger partial charge is 0.493 e. The van der Waals surface area contributed by atoms with Crippen LogP contribution in [0.25, 0.3) is 0 Å². The number of nitrogens with two attached hydrogens (primary N) is 1. The molecule has 2 heteroatoms. The molecule has 0 bridgehead atoms. The molecule has 2 N–H and O–H groups in total. The van der Waals surface area contributed by atoms with E-state index in [0.717, 1.165) is 24.7 Å². The van der Waals surface area contributed by atoms with E-state index >= 15 is 0 Å². The summed E-state index contributed by atoms with van der Waals surface area (Å²) >= 11 is 0. The maximum atomic E-state index is 6.42. The zero-order valence-electron chi connectivity index (χ0n) is 10.3. The van der Waals surface area contributed by atoms with E-state index in [9.17, 15) is 0 Å². The van der Waals surface area contributed by atoms with Crippen molar-refractivity contribution in [2.24, 2.45) is 11.7 Å². The molecule has 2 nitrogen and oxygen atoms in total. The van der Waals surface area contributed by atoms with Crippen molar-refractivity contribution in [1.29, 1.82) is 0 Å². The monoisotopic (exact) mass is 231 g/mol. The van der Waals surface area contributed by atoms with Gasteiger partial charge in [0.2, 0.25) is 0 Å². The van der Waals surface area contributed by atoms with Gasteiger partial charge >= 0.3 is 0 Å². The molecule has 1 saturated carbocycles. The quantitative estimate of drug-likeness (QED) is 0.867. The van der Waals surface area contributed by atoms with Crippen molar-refractivity contribution >= 4 is 0 Å². The average Bonchev–Trinajstić information content (AvgIpc) is 2.33. The van der Waals surface area contributed by atoms with Crippen LogP contribution in [-0.4, -0.2) is 12.6 Å². The first kappa shape index (κ1) is 11.1. The Labute approximate surface area is 103 Å². The lowest BCUT2D eigenvalue weighted by atomic mass is 9.76. The molecule has 92 valence electrons. The van der Waals surface area contributed by atoms with Gasteiger partial charge in [0.1, 0.15) is 5.75 Å². The molecule has 0 aromatic heterocycles. The van der Waals surface area contributed by atoms with Crippen LogP contribution in [0.15, 0.2) is 24.3 Å². The van der Waals surface area contributed by atoms with E-state index in [1.165, 1.54) is 31.2 Å². The molecule has 3 rings (SSSR count). The second-order valence-electron chi connectivity index (χ2n) is 5.48. The fourth-order valence-corrected chi connectivity index (χ4v) is 3.09. The van der Waals surface area contributed by atoms with Gasteiger partial charge in [0, 0.05) is 12.0 Å². The van der Waals surface area contributed by atoms with Crippen molar-refractivity contribution in [2.75, 3.05) is 6.61 Å². The van der Waals surface area contributed by atoms with E-state index in [1.54, 1.807) is 0 Å². The van der Waals surface area contributed by atoms with Crippen LogP contribution in [0, 0.1) is 5.92 Å². The van der Waals surface area contributed by atoms with Gasteiger partial charge in [-0.1, -0.05) is 37.5 Å². The molecule has 0 spiro atoms. The third-order valence-electron chi connectivity index (χ3n) is 4.35. The second-order valence-corrected chi connectivity index (χ2v) is 5.48. The van der Waals surface area contributed by atoms with Gasteiger partial charge in [-0.05, 0) is 30.4 Å². The third-order valence-corrected chi connectivity index (χ3v) is 4.35. The molecule has 2 unspecified atom stereocenters. The molecule has 17 heavy (non-hydrogen) atoms. The van der Waals surface area contributed by atoms with Gasteiger partial charge in [-0.15, -0.1) is 0 Å². The molecule has 0 radical (unpaired) electrons. The van der Waals surface area contributed by atoms with Gasteiger partial charge in [0.15, 0.2) is 0 Å². The van der Waals surface area contributed by atoms with Gasteiger partial charge in [0.25, 0.3) is 0 Å². The Bertz CT molecular complexity index is 386. The SMILES string of the molecule is NC(CC1CCC1)C1CCOc2ccccc21. The maximum Gasteiger partial charge on any atom is 0.122 e. The summed E-state index contributed by atoms with van der Waals surface area (Å²) in [6.07, 6.45) is 6.45. The zero-order valence-corrected chi connectivity index (χ0v) is 10.3. The first-order valence-electron chi connectivity index (χ1n) is 6.82. The minimum atomic E-state index is 0.311. The first-order chi connectivity index (χ1) is 8.34. The molecule has 1 fully saturated rings. The summed E-state index contributed by atoms with van der Waals surface area (Å²) < 4.78 is 5.69. The van der Waals surface area contributed by atoms with Crippen LogP contribution in [0.2, 0.25) is 0 Å². The highest BCUT2D eigenvalue weighted by Gasteiger charge is 2.29. The highest BCUT2D eigenvalue weighted by atomic mass is 16.5. The molecule has 1 aromatic carbocycles. The molecule has 0 saturated heterocycles. The Morgan fingerprint density at radius 1 is 1.24 bits per heavy atom. The van der Waals surface area contributed by atoms with Crippen LogP contribution in [0.3, 0.4) is 0 Å². The lowest BCUT2D eigenvalue weighted by Gasteiger charge is -2.34. The van der Waals surface area contributed by atoms with Crippen molar-refractivity contribution in [3.63, 3.8) is 0 Å². The van der Waals surface area contributed by atoms with Crippen molar-refractivity contribution < 1.29 is 4.74 Å². The summed E-state index contributed by atoms with van der Waals surface area (Å²) in [7, 11) is 0. The normalized spacial score (nSPS) is 25.6. The van der Waals surface area contributed by atoms with Crippen LogP contribution in [0.4, 0.5) is 0 Å². The van der Waals surface area contributed by atoms with Crippen molar-refractivity contribution in [1.82, 2.24) is 0 Å². The van der Waals surface area contributed by atoms with Crippen LogP contribution in [-0.2, 0) is 0 Å². The summed E-state index contributed by atoms with van der Waals surface area (Å²) in [6, 6.07) is 8.69. The standard InChI is InChI=1S/C15H21NO/c16-14(10-11-4-3-5-11)12-8-9-17-15-7-2-1-6-13(12)15/h1-2,6-7,11-12,14H,3-5,8-10,16H2. The Hall–Kier alpha value is -1.02. The van der Waals surface area contributed by atoms with E-state index in [2.05, 4.69) is 18.2 Å². The average molecular weight is 231 g/mol. The molecule has 1 aliphatic heterocycles.